The van der Waals surface area contributed by atoms with Crippen LogP contribution in [0.2, 0.25) is 0 Å². The van der Waals surface area contributed by atoms with Gasteiger partial charge in [0.05, 0.1) is 1.37 Å². The Labute approximate surface area is 109 Å². The van der Waals surface area contributed by atoms with Crippen molar-refractivity contribution in [2.75, 3.05) is 0 Å². The molecule has 4 heteroatoms. The van der Waals surface area contributed by atoms with E-state index in [0.717, 1.165) is 6.07 Å². The lowest BCUT2D eigenvalue weighted by Gasteiger charge is -2.14. The quantitative estimate of drug-likeness (QED) is 0.784. The average Bonchev–Trinajstić information content (AvgIpc) is 2.50. The van der Waals surface area contributed by atoms with Crippen LogP contribution in [0.25, 0.3) is 0 Å². The third kappa shape index (κ3) is 1.72. The van der Waals surface area contributed by atoms with E-state index in [1.807, 2.05) is 0 Å². The molecule has 92 valence electrons. The molecule has 0 amide bonds. The van der Waals surface area contributed by atoms with Crippen LogP contribution in [0.3, 0.4) is 0 Å². The van der Waals surface area contributed by atoms with Gasteiger partial charge in [0.1, 0.15) is 6.08 Å². The molecule has 0 saturated carbocycles. The molecule has 0 bridgehead atoms. The molecule has 1 aliphatic rings. The SMILES string of the molecule is [2H]C1(O)c2ccccc2SCc2c1ccc(F)c2F. The van der Waals surface area contributed by atoms with Crippen molar-refractivity contribution in [3.8, 4) is 0 Å². The number of rotatable bonds is 0. The Bertz CT molecular complexity index is 658. The zero-order valence-electron chi connectivity index (χ0n) is 10.3. The summed E-state index contributed by atoms with van der Waals surface area (Å²) in [5.74, 6) is -1.75. The molecule has 2 aromatic carbocycles. The summed E-state index contributed by atoms with van der Waals surface area (Å²) in [6.07, 6.45) is -2.07. The van der Waals surface area contributed by atoms with E-state index in [9.17, 15) is 13.9 Å². The van der Waals surface area contributed by atoms with E-state index >= 15 is 0 Å². The number of halogens is 2. The summed E-state index contributed by atoms with van der Waals surface area (Å²) in [6.45, 7) is 0. The Morgan fingerprint density at radius 2 is 1.94 bits per heavy atom. The molecule has 1 heterocycles. The zero-order valence-corrected chi connectivity index (χ0v) is 10.1. The van der Waals surface area contributed by atoms with E-state index in [0.29, 0.717) is 10.5 Å². The highest BCUT2D eigenvalue weighted by Crippen LogP contribution is 2.40. The second-order valence-corrected chi connectivity index (χ2v) is 5.04. The zero-order chi connectivity index (χ0) is 13.6. The lowest BCUT2D eigenvalue weighted by molar-refractivity contribution is 0.216. The van der Waals surface area contributed by atoms with Crippen LogP contribution in [0.5, 0.6) is 0 Å². The van der Waals surface area contributed by atoms with Crippen molar-refractivity contribution in [1.82, 2.24) is 0 Å². The minimum absolute atomic E-state index is 0.0544. The van der Waals surface area contributed by atoms with Gasteiger partial charge in [-0.25, -0.2) is 8.78 Å². The Kier molecular flexibility index (Phi) is 2.56. The van der Waals surface area contributed by atoms with Gasteiger partial charge >= 0.3 is 0 Å². The van der Waals surface area contributed by atoms with E-state index < -0.39 is 17.7 Å². The second kappa shape index (κ2) is 4.37. The fourth-order valence-electron chi connectivity index (χ4n) is 2.04. The van der Waals surface area contributed by atoms with Crippen LogP contribution >= 0.6 is 11.8 Å². The van der Waals surface area contributed by atoms with Crippen LogP contribution in [-0.2, 0) is 5.75 Å². The summed E-state index contributed by atoms with van der Waals surface area (Å²) < 4.78 is 35.3. The van der Waals surface area contributed by atoms with Crippen LogP contribution < -0.4 is 0 Å². The molecule has 18 heavy (non-hydrogen) atoms. The standard InChI is InChI=1S/C14H10F2OS/c15-11-6-5-8-10(13(11)16)7-18-12-4-2-1-3-9(12)14(8)17/h1-6,14,17H,7H2/i14D. The lowest BCUT2D eigenvalue weighted by Crippen LogP contribution is -2.05. The molecule has 0 saturated heterocycles. The first-order valence-corrected chi connectivity index (χ1v) is 6.42. The van der Waals surface area contributed by atoms with Gasteiger partial charge in [-0.15, -0.1) is 11.8 Å². The summed E-state index contributed by atoms with van der Waals surface area (Å²) in [5.41, 5.74) is 0.548. The predicted molar refractivity (Wildman–Crippen MR) is 66.4 cm³/mol. The van der Waals surface area contributed by atoms with Crippen molar-refractivity contribution in [3.63, 3.8) is 0 Å². The van der Waals surface area contributed by atoms with Gasteiger partial charge in [0, 0.05) is 16.2 Å². The molecule has 1 N–H and O–H groups in total. The van der Waals surface area contributed by atoms with Crippen molar-refractivity contribution >= 4 is 11.8 Å². The number of benzene rings is 2. The maximum atomic E-state index is 13.8. The summed E-state index contributed by atoms with van der Waals surface area (Å²) in [6, 6.07) is 9.12. The maximum Gasteiger partial charge on any atom is 0.163 e. The summed E-state index contributed by atoms with van der Waals surface area (Å²) in [7, 11) is 0. The van der Waals surface area contributed by atoms with Crippen molar-refractivity contribution in [2.24, 2.45) is 0 Å². The van der Waals surface area contributed by atoms with Gasteiger partial charge < -0.3 is 5.11 Å². The fraction of sp³-hybridized carbons (Fsp3) is 0.143. The lowest BCUT2D eigenvalue weighted by atomic mass is 9.97. The van der Waals surface area contributed by atoms with Gasteiger partial charge in [0.15, 0.2) is 11.6 Å². The van der Waals surface area contributed by atoms with E-state index in [-0.39, 0.29) is 16.9 Å². The normalized spacial score (nSPS) is 22.7. The molecule has 2 aromatic rings. The molecule has 0 radical (unpaired) electrons. The minimum Gasteiger partial charge on any atom is -0.384 e. The number of fused-ring (bicyclic) bond motifs is 2. The first kappa shape index (κ1) is 10.5. The van der Waals surface area contributed by atoms with Gasteiger partial charge in [0.2, 0.25) is 0 Å². The highest BCUT2D eigenvalue weighted by atomic mass is 32.2. The first-order valence-electron chi connectivity index (χ1n) is 5.94. The molecule has 3 rings (SSSR count). The predicted octanol–water partition coefficient (Wildman–Crippen LogP) is 3.65. The van der Waals surface area contributed by atoms with E-state index in [2.05, 4.69) is 0 Å². The van der Waals surface area contributed by atoms with Gasteiger partial charge in [-0.2, -0.15) is 0 Å². The molecule has 1 aliphatic heterocycles. The first-order chi connectivity index (χ1) is 9.01. The monoisotopic (exact) mass is 265 g/mol. The molecule has 1 unspecified atom stereocenters. The van der Waals surface area contributed by atoms with E-state index in [1.165, 1.54) is 17.8 Å². The van der Waals surface area contributed by atoms with Crippen molar-refractivity contribution in [2.45, 2.75) is 16.7 Å². The van der Waals surface area contributed by atoms with Crippen LogP contribution in [0, 0.1) is 11.6 Å². The van der Waals surface area contributed by atoms with Crippen LogP contribution in [0.15, 0.2) is 41.3 Å². The molecule has 0 spiro atoms. The summed E-state index contributed by atoms with van der Waals surface area (Å²) >= 11 is 1.29. The molecule has 0 aliphatic carbocycles. The minimum atomic E-state index is -2.07. The topological polar surface area (TPSA) is 20.2 Å². The van der Waals surface area contributed by atoms with E-state index in [1.54, 1.807) is 24.3 Å². The van der Waals surface area contributed by atoms with Crippen LogP contribution in [0.4, 0.5) is 8.78 Å². The average molecular weight is 265 g/mol. The van der Waals surface area contributed by atoms with Crippen molar-refractivity contribution in [1.29, 1.82) is 0 Å². The highest BCUT2D eigenvalue weighted by molar-refractivity contribution is 7.98. The van der Waals surface area contributed by atoms with Crippen molar-refractivity contribution < 1.29 is 15.3 Å². The van der Waals surface area contributed by atoms with Gasteiger partial charge in [-0.3, -0.25) is 0 Å². The Morgan fingerprint density at radius 1 is 1.17 bits per heavy atom. The van der Waals surface area contributed by atoms with Crippen LogP contribution in [0.1, 0.15) is 24.1 Å². The Morgan fingerprint density at radius 3 is 2.78 bits per heavy atom. The van der Waals surface area contributed by atoms with Crippen LogP contribution in [-0.4, -0.2) is 5.11 Å². The highest BCUT2D eigenvalue weighted by Gasteiger charge is 2.25. The molecule has 1 nitrogen and oxygen atoms in total. The number of thioether (sulfide) groups is 1. The Balaban J connectivity index is 2.29. The molecular formula is C14H10F2OS. The fourth-order valence-corrected chi connectivity index (χ4v) is 3.12. The van der Waals surface area contributed by atoms with Gasteiger partial charge in [0.25, 0.3) is 0 Å². The smallest absolute Gasteiger partial charge is 0.163 e. The number of aliphatic hydroxyl groups is 1. The summed E-state index contributed by atoms with van der Waals surface area (Å²) in [5, 5.41) is 10.4. The van der Waals surface area contributed by atoms with Gasteiger partial charge in [-0.05, 0) is 23.3 Å². The molecule has 0 fully saturated rings. The summed E-state index contributed by atoms with van der Waals surface area (Å²) in [4.78, 5) is 0.705. The van der Waals surface area contributed by atoms with E-state index in [4.69, 9.17) is 1.37 Å². The van der Waals surface area contributed by atoms with Crippen molar-refractivity contribution in [3.05, 3.63) is 64.7 Å². The second-order valence-electron chi connectivity index (χ2n) is 4.02. The Hall–Kier alpha value is -1.39. The maximum absolute atomic E-state index is 13.8. The molecular weight excluding hydrogens is 254 g/mol. The largest absolute Gasteiger partial charge is 0.384 e. The third-order valence-corrected chi connectivity index (χ3v) is 4.07. The number of hydrogen-bond donors (Lipinski definition) is 1. The third-order valence-electron chi connectivity index (χ3n) is 2.97. The number of hydrogen-bond acceptors (Lipinski definition) is 2. The molecule has 1 atom stereocenters. The van der Waals surface area contributed by atoms with Gasteiger partial charge in [-0.1, -0.05) is 24.3 Å². The molecule has 0 aromatic heterocycles.